The third kappa shape index (κ3) is 4.20. The van der Waals surface area contributed by atoms with Gasteiger partial charge in [0.15, 0.2) is 6.61 Å². The minimum atomic E-state index is -0.354. The third-order valence-electron chi connectivity index (χ3n) is 3.46. The Morgan fingerprint density at radius 3 is 2.68 bits per heavy atom. The number of carbonyl (C=O) groups excluding carboxylic acids is 1. The molecule has 0 aliphatic rings. The van der Waals surface area contributed by atoms with Gasteiger partial charge in [-0.25, -0.2) is 4.39 Å². The highest BCUT2D eigenvalue weighted by molar-refractivity contribution is 5.73. The minimum Gasteiger partial charge on any atom is -0.483 e. The lowest BCUT2D eigenvalue weighted by Gasteiger charge is -2.08. The predicted molar refractivity (Wildman–Crippen MR) is 86.2 cm³/mol. The number of carbonyl (C=O) groups is 1. The normalized spacial score (nSPS) is 10.5. The van der Waals surface area contributed by atoms with Crippen molar-refractivity contribution < 1.29 is 23.2 Å². The Balaban J connectivity index is 1.68. The van der Waals surface area contributed by atoms with Crippen LogP contribution in [0.5, 0.6) is 5.75 Å². The van der Waals surface area contributed by atoms with Crippen molar-refractivity contribution >= 4 is 5.97 Å². The molecule has 2 aromatic carbocycles. The maximum absolute atomic E-state index is 13.0. The van der Waals surface area contributed by atoms with Crippen molar-refractivity contribution in [3.63, 3.8) is 0 Å². The van der Waals surface area contributed by atoms with Crippen LogP contribution in [0.15, 0.2) is 53.1 Å². The lowest BCUT2D eigenvalue weighted by atomic mass is 10.1. The van der Waals surface area contributed by atoms with Crippen molar-refractivity contribution in [3.05, 3.63) is 65.8 Å². The molecule has 0 saturated carbocycles. The van der Waals surface area contributed by atoms with Gasteiger partial charge >= 0.3 is 5.97 Å². The van der Waals surface area contributed by atoms with E-state index in [1.807, 2.05) is 6.07 Å². The van der Waals surface area contributed by atoms with Crippen molar-refractivity contribution in [2.45, 2.75) is 13.0 Å². The van der Waals surface area contributed by atoms with E-state index < -0.39 is 0 Å². The molecule has 0 radical (unpaired) electrons. The molecule has 0 N–H and O–H groups in total. The first kappa shape index (κ1) is 16.6. The van der Waals surface area contributed by atoms with Crippen LogP contribution < -0.4 is 4.74 Å². The molecule has 0 atom stereocenters. The van der Waals surface area contributed by atoms with Gasteiger partial charge in [0.1, 0.15) is 11.6 Å². The first-order chi connectivity index (χ1) is 12.2. The number of methoxy groups -OCH3 is 1. The zero-order valence-electron chi connectivity index (χ0n) is 13.4. The first-order valence-electron chi connectivity index (χ1n) is 7.52. The van der Waals surface area contributed by atoms with Gasteiger partial charge in [0.2, 0.25) is 5.82 Å². The maximum atomic E-state index is 13.0. The molecule has 0 amide bonds. The first-order valence-corrected chi connectivity index (χ1v) is 7.52. The lowest BCUT2D eigenvalue weighted by Crippen LogP contribution is -2.06. The molecule has 3 rings (SSSR count). The predicted octanol–water partition coefficient (Wildman–Crippen LogP) is 3.17. The van der Waals surface area contributed by atoms with E-state index in [1.54, 1.807) is 30.3 Å². The van der Waals surface area contributed by atoms with Crippen LogP contribution >= 0.6 is 0 Å². The summed E-state index contributed by atoms with van der Waals surface area (Å²) >= 11 is 0. The number of nitrogens with zero attached hydrogens (tertiary/aromatic N) is 2. The summed E-state index contributed by atoms with van der Waals surface area (Å²) in [6.45, 7) is 0.0480. The highest BCUT2D eigenvalue weighted by Crippen LogP contribution is 2.21. The molecule has 6 nitrogen and oxygen atoms in total. The van der Waals surface area contributed by atoms with E-state index in [0.29, 0.717) is 22.7 Å². The Hall–Kier alpha value is -3.22. The van der Waals surface area contributed by atoms with E-state index >= 15 is 0 Å². The lowest BCUT2D eigenvalue weighted by molar-refractivity contribution is -0.139. The second-order valence-corrected chi connectivity index (χ2v) is 5.17. The number of benzene rings is 2. The van der Waals surface area contributed by atoms with Crippen molar-refractivity contribution in [2.24, 2.45) is 0 Å². The topological polar surface area (TPSA) is 74.5 Å². The number of ether oxygens (including phenoxy) is 2. The smallest absolute Gasteiger partial charge is 0.310 e. The molecular weight excluding hydrogens is 327 g/mol. The zero-order chi connectivity index (χ0) is 17.6. The number of rotatable bonds is 6. The van der Waals surface area contributed by atoms with Crippen molar-refractivity contribution in [1.82, 2.24) is 10.1 Å². The quantitative estimate of drug-likeness (QED) is 0.641. The molecule has 3 aromatic rings. The molecule has 0 spiro atoms. The Labute approximate surface area is 143 Å². The number of halogens is 1. The molecule has 0 aliphatic heterocycles. The van der Waals surface area contributed by atoms with Gasteiger partial charge in [-0.05, 0) is 30.3 Å². The van der Waals surface area contributed by atoms with Gasteiger partial charge in [0.05, 0.1) is 13.5 Å². The fourth-order valence-electron chi connectivity index (χ4n) is 2.19. The average molecular weight is 342 g/mol. The van der Waals surface area contributed by atoms with E-state index in [1.165, 1.54) is 19.2 Å². The van der Waals surface area contributed by atoms with E-state index in [2.05, 4.69) is 14.9 Å². The summed E-state index contributed by atoms with van der Waals surface area (Å²) in [5, 5.41) is 3.85. The van der Waals surface area contributed by atoms with E-state index in [-0.39, 0.29) is 30.7 Å². The van der Waals surface area contributed by atoms with Crippen LogP contribution in [0.4, 0.5) is 4.39 Å². The minimum absolute atomic E-state index is 0.0480. The highest BCUT2D eigenvalue weighted by atomic mass is 19.1. The summed E-state index contributed by atoms with van der Waals surface area (Å²) < 4.78 is 28.4. The second kappa shape index (κ2) is 7.57. The molecule has 128 valence electrons. The zero-order valence-corrected chi connectivity index (χ0v) is 13.4. The van der Waals surface area contributed by atoms with Crippen molar-refractivity contribution in [3.8, 4) is 17.1 Å². The van der Waals surface area contributed by atoms with Gasteiger partial charge in [-0.1, -0.05) is 23.4 Å². The number of esters is 1. The van der Waals surface area contributed by atoms with E-state index in [4.69, 9.17) is 9.26 Å². The van der Waals surface area contributed by atoms with Crippen molar-refractivity contribution in [1.29, 1.82) is 0 Å². The van der Waals surface area contributed by atoms with Gasteiger partial charge in [0, 0.05) is 11.1 Å². The Morgan fingerprint density at radius 1 is 1.16 bits per heavy atom. The summed E-state index contributed by atoms with van der Waals surface area (Å²) in [5.74, 6) is 0.466. The fourth-order valence-corrected chi connectivity index (χ4v) is 2.19. The van der Waals surface area contributed by atoms with Crippen LogP contribution in [-0.4, -0.2) is 23.2 Å². The van der Waals surface area contributed by atoms with Gasteiger partial charge in [-0.3, -0.25) is 4.79 Å². The number of para-hydroxylation sites is 1. The molecule has 1 heterocycles. The van der Waals surface area contributed by atoms with E-state index in [9.17, 15) is 9.18 Å². The second-order valence-electron chi connectivity index (χ2n) is 5.17. The number of hydrogen-bond acceptors (Lipinski definition) is 6. The summed E-state index contributed by atoms with van der Waals surface area (Å²) in [5.41, 5.74) is 1.34. The third-order valence-corrected chi connectivity index (χ3v) is 3.46. The summed E-state index contributed by atoms with van der Waals surface area (Å²) in [6, 6.07) is 12.9. The van der Waals surface area contributed by atoms with Gasteiger partial charge in [-0.15, -0.1) is 0 Å². The van der Waals surface area contributed by atoms with Crippen LogP contribution in [0, 0.1) is 5.82 Å². The van der Waals surface area contributed by atoms with Crippen LogP contribution in [-0.2, 0) is 22.6 Å². The van der Waals surface area contributed by atoms with Crippen LogP contribution in [0.25, 0.3) is 11.4 Å². The molecule has 0 fully saturated rings. The van der Waals surface area contributed by atoms with Gasteiger partial charge in [0.25, 0.3) is 5.89 Å². The van der Waals surface area contributed by atoms with E-state index in [0.717, 1.165) is 0 Å². The SMILES string of the molecule is COC(=O)Cc1ccccc1OCc1nc(-c2ccc(F)cc2)no1. The highest BCUT2D eigenvalue weighted by Gasteiger charge is 2.12. The summed E-state index contributed by atoms with van der Waals surface area (Å²) in [7, 11) is 1.33. The van der Waals surface area contributed by atoms with Gasteiger partial charge < -0.3 is 14.0 Å². The molecule has 1 aromatic heterocycles. The molecule has 0 saturated heterocycles. The summed E-state index contributed by atoms with van der Waals surface area (Å²) in [4.78, 5) is 15.7. The monoisotopic (exact) mass is 342 g/mol. The van der Waals surface area contributed by atoms with Crippen LogP contribution in [0.2, 0.25) is 0 Å². The van der Waals surface area contributed by atoms with Crippen molar-refractivity contribution in [2.75, 3.05) is 7.11 Å². The molecular formula is C18H15FN2O4. The van der Waals surface area contributed by atoms with Gasteiger partial charge in [-0.2, -0.15) is 4.98 Å². The maximum Gasteiger partial charge on any atom is 0.310 e. The van der Waals surface area contributed by atoms with Crippen LogP contribution in [0.1, 0.15) is 11.5 Å². The standard InChI is InChI=1S/C18H15FN2O4/c1-23-17(22)10-13-4-2-3-5-15(13)24-11-16-20-18(21-25-16)12-6-8-14(19)9-7-12/h2-9H,10-11H2,1H3. The average Bonchev–Trinajstić information content (AvgIpc) is 3.10. The molecule has 0 unspecified atom stereocenters. The Morgan fingerprint density at radius 2 is 1.92 bits per heavy atom. The van der Waals surface area contributed by atoms with Crippen LogP contribution in [0.3, 0.4) is 0 Å². The molecule has 0 aliphatic carbocycles. The Bertz CT molecular complexity index is 862. The number of hydrogen-bond donors (Lipinski definition) is 0. The fraction of sp³-hybridized carbons (Fsp3) is 0.167. The molecule has 7 heteroatoms. The molecule has 25 heavy (non-hydrogen) atoms. The largest absolute Gasteiger partial charge is 0.483 e. The Kier molecular flexibility index (Phi) is 5.03. The number of aromatic nitrogens is 2. The summed E-state index contributed by atoms with van der Waals surface area (Å²) in [6.07, 6.45) is 0.108. The molecule has 0 bridgehead atoms.